The van der Waals surface area contributed by atoms with Crippen LogP contribution >= 0.6 is 11.6 Å². The summed E-state index contributed by atoms with van der Waals surface area (Å²) < 4.78 is 0. The van der Waals surface area contributed by atoms with Crippen LogP contribution in [-0.4, -0.2) is 0 Å². The van der Waals surface area contributed by atoms with Crippen molar-refractivity contribution in [3.05, 3.63) is 95.0 Å². The fraction of sp³-hybridized carbons (Fsp3) is 0.120. The molecule has 0 unspecified atom stereocenters. The first kappa shape index (κ1) is 15.7. The van der Waals surface area contributed by atoms with Gasteiger partial charge in [0.25, 0.3) is 0 Å². The van der Waals surface area contributed by atoms with Gasteiger partial charge in [0, 0.05) is 10.4 Å². The van der Waals surface area contributed by atoms with Gasteiger partial charge in [-0.3, -0.25) is 0 Å². The second kappa shape index (κ2) is 5.46. The minimum absolute atomic E-state index is 0.0834. The molecule has 0 atom stereocenters. The van der Waals surface area contributed by atoms with Crippen LogP contribution in [0, 0.1) is 0 Å². The van der Waals surface area contributed by atoms with Crippen LogP contribution in [0.15, 0.2) is 78.9 Å². The van der Waals surface area contributed by atoms with Gasteiger partial charge >= 0.3 is 0 Å². The van der Waals surface area contributed by atoms with Crippen molar-refractivity contribution in [2.24, 2.45) is 0 Å². The maximum absolute atomic E-state index is 6.37. The summed E-state index contributed by atoms with van der Waals surface area (Å²) in [7, 11) is 0. The second-order valence-electron chi connectivity index (χ2n) is 7.58. The van der Waals surface area contributed by atoms with E-state index < -0.39 is 0 Å². The molecule has 0 bridgehead atoms. The summed E-state index contributed by atoms with van der Waals surface area (Å²) in [6, 6.07) is 28.1. The number of hydrogen-bond acceptors (Lipinski definition) is 0. The molecule has 1 aliphatic rings. The Morgan fingerprint density at radius 2 is 1.46 bits per heavy atom. The lowest BCUT2D eigenvalue weighted by atomic mass is 9.79. The third-order valence-corrected chi connectivity index (χ3v) is 5.92. The summed E-state index contributed by atoms with van der Waals surface area (Å²) in [5.41, 5.74) is 7.85. The van der Waals surface area contributed by atoms with E-state index in [2.05, 4.69) is 86.6 Å². The van der Waals surface area contributed by atoms with E-state index in [1.807, 2.05) is 6.07 Å². The SMILES string of the molecule is CC1(C)c2cc(Cl)ccc2-c2c(-c3ccccc3)cc3ccccc3c21. The van der Waals surface area contributed by atoms with Crippen molar-refractivity contribution in [2.75, 3.05) is 0 Å². The molecule has 1 aliphatic carbocycles. The van der Waals surface area contributed by atoms with Crippen molar-refractivity contribution in [3.63, 3.8) is 0 Å². The average molecular weight is 355 g/mol. The Morgan fingerprint density at radius 1 is 0.731 bits per heavy atom. The highest BCUT2D eigenvalue weighted by Crippen LogP contribution is 2.55. The highest BCUT2D eigenvalue weighted by molar-refractivity contribution is 6.30. The van der Waals surface area contributed by atoms with Crippen LogP contribution in [0.3, 0.4) is 0 Å². The van der Waals surface area contributed by atoms with Gasteiger partial charge < -0.3 is 0 Å². The van der Waals surface area contributed by atoms with Crippen LogP contribution in [0.2, 0.25) is 5.02 Å². The first-order valence-electron chi connectivity index (χ1n) is 8.99. The third kappa shape index (κ3) is 2.09. The molecule has 0 saturated carbocycles. The van der Waals surface area contributed by atoms with Crippen LogP contribution in [0.25, 0.3) is 33.0 Å². The van der Waals surface area contributed by atoms with E-state index in [-0.39, 0.29) is 5.41 Å². The number of fused-ring (bicyclic) bond motifs is 5. The van der Waals surface area contributed by atoms with E-state index in [1.165, 1.54) is 44.2 Å². The van der Waals surface area contributed by atoms with Gasteiger partial charge in [0.2, 0.25) is 0 Å². The quantitative estimate of drug-likeness (QED) is 0.332. The van der Waals surface area contributed by atoms with Crippen molar-refractivity contribution in [3.8, 4) is 22.3 Å². The molecule has 4 aromatic carbocycles. The van der Waals surface area contributed by atoms with Gasteiger partial charge in [0.1, 0.15) is 0 Å². The first-order chi connectivity index (χ1) is 12.6. The number of rotatable bonds is 1. The van der Waals surface area contributed by atoms with Crippen LogP contribution in [0.5, 0.6) is 0 Å². The largest absolute Gasteiger partial charge is 0.0843 e. The molecule has 1 heteroatoms. The molecule has 0 heterocycles. The molecule has 0 N–H and O–H groups in total. The van der Waals surface area contributed by atoms with Crippen molar-refractivity contribution < 1.29 is 0 Å². The van der Waals surface area contributed by atoms with Crippen molar-refractivity contribution in [1.82, 2.24) is 0 Å². The molecule has 4 aromatic rings. The number of halogens is 1. The zero-order valence-electron chi connectivity index (χ0n) is 14.9. The molecule has 5 rings (SSSR count). The predicted molar refractivity (Wildman–Crippen MR) is 112 cm³/mol. The zero-order valence-corrected chi connectivity index (χ0v) is 15.6. The highest BCUT2D eigenvalue weighted by Gasteiger charge is 2.38. The fourth-order valence-corrected chi connectivity index (χ4v) is 4.68. The van der Waals surface area contributed by atoms with Crippen LogP contribution in [0.4, 0.5) is 0 Å². The summed E-state index contributed by atoms with van der Waals surface area (Å²) in [4.78, 5) is 0. The maximum Gasteiger partial charge on any atom is 0.0409 e. The standard InChI is InChI=1S/C25H19Cl/c1-25(2)22-15-18(26)12-13-20(22)23-21(16-8-4-3-5-9-16)14-17-10-6-7-11-19(17)24(23)25/h3-15H,1-2H3. The molecular weight excluding hydrogens is 336 g/mol. The molecular formula is C25H19Cl. The van der Waals surface area contributed by atoms with E-state index in [9.17, 15) is 0 Å². The predicted octanol–water partition coefficient (Wildman–Crippen LogP) is 7.47. The summed E-state index contributed by atoms with van der Waals surface area (Å²) in [5, 5.41) is 3.42. The Bertz CT molecular complexity index is 1150. The normalized spacial score (nSPS) is 14.3. The lowest BCUT2D eigenvalue weighted by Crippen LogP contribution is -2.15. The summed E-state index contributed by atoms with van der Waals surface area (Å²) >= 11 is 6.37. The molecule has 0 saturated heterocycles. The molecule has 0 spiro atoms. The maximum atomic E-state index is 6.37. The highest BCUT2D eigenvalue weighted by atomic mass is 35.5. The fourth-order valence-electron chi connectivity index (χ4n) is 4.51. The molecule has 0 radical (unpaired) electrons. The van der Waals surface area contributed by atoms with Gasteiger partial charge in [-0.2, -0.15) is 0 Å². The van der Waals surface area contributed by atoms with E-state index in [1.54, 1.807) is 0 Å². The Morgan fingerprint density at radius 3 is 2.27 bits per heavy atom. The van der Waals surface area contributed by atoms with Crippen molar-refractivity contribution in [1.29, 1.82) is 0 Å². The van der Waals surface area contributed by atoms with E-state index in [0.29, 0.717) is 0 Å². The summed E-state index contributed by atoms with van der Waals surface area (Å²) in [5.74, 6) is 0. The minimum atomic E-state index is -0.0834. The summed E-state index contributed by atoms with van der Waals surface area (Å²) in [6.07, 6.45) is 0. The Kier molecular flexibility index (Phi) is 3.29. The minimum Gasteiger partial charge on any atom is -0.0843 e. The molecule has 0 nitrogen and oxygen atoms in total. The average Bonchev–Trinajstić information content (AvgIpc) is 2.89. The lowest BCUT2D eigenvalue weighted by Gasteiger charge is -2.24. The topological polar surface area (TPSA) is 0 Å². The van der Waals surface area contributed by atoms with Gasteiger partial charge in [-0.1, -0.05) is 86.1 Å². The van der Waals surface area contributed by atoms with E-state index >= 15 is 0 Å². The van der Waals surface area contributed by atoms with Crippen molar-refractivity contribution >= 4 is 22.4 Å². The van der Waals surface area contributed by atoms with E-state index in [0.717, 1.165) is 5.02 Å². The molecule has 0 amide bonds. The first-order valence-corrected chi connectivity index (χ1v) is 9.37. The van der Waals surface area contributed by atoms with Crippen LogP contribution in [0.1, 0.15) is 25.0 Å². The Hall–Kier alpha value is -2.57. The van der Waals surface area contributed by atoms with Gasteiger partial charge in [-0.15, -0.1) is 0 Å². The lowest BCUT2D eigenvalue weighted by molar-refractivity contribution is 0.666. The number of hydrogen-bond donors (Lipinski definition) is 0. The van der Waals surface area contributed by atoms with Gasteiger partial charge in [0.15, 0.2) is 0 Å². The molecule has 0 aromatic heterocycles. The second-order valence-corrected chi connectivity index (χ2v) is 8.01. The van der Waals surface area contributed by atoms with Crippen LogP contribution < -0.4 is 0 Å². The Balaban J connectivity index is 1.99. The van der Waals surface area contributed by atoms with Gasteiger partial charge in [0.05, 0.1) is 0 Å². The van der Waals surface area contributed by atoms with Crippen LogP contribution in [-0.2, 0) is 5.41 Å². The Labute approximate surface area is 159 Å². The zero-order chi connectivity index (χ0) is 17.9. The molecule has 126 valence electrons. The van der Waals surface area contributed by atoms with Crippen molar-refractivity contribution in [2.45, 2.75) is 19.3 Å². The third-order valence-electron chi connectivity index (χ3n) is 5.68. The molecule has 0 fully saturated rings. The van der Waals surface area contributed by atoms with Gasteiger partial charge in [-0.05, 0) is 62.4 Å². The van der Waals surface area contributed by atoms with Gasteiger partial charge in [-0.25, -0.2) is 0 Å². The number of benzene rings is 4. The molecule has 0 aliphatic heterocycles. The smallest absolute Gasteiger partial charge is 0.0409 e. The monoisotopic (exact) mass is 354 g/mol. The van der Waals surface area contributed by atoms with E-state index in [4.69, 9.17) is 11.6 Å². The summed E-state index contributed by atoms with van der Waals surface area (Å²) in [6.45, 7) is 4.63. The molecule has 26 heavy (non-hydrogen) atoms.